The van der Waals surface area contributed by atoms with E-state index in [-0.39, 0.29) is 0 Å². The van der Waals surface area contributed by atoms with Gasteiger partial charge < -0.3 is 9.84 Å². The van der Waals surface area contributed by atoms with Crippen molar-refractivity contribution in [1.29, 1.82) is 0 Å². The average Bonchev–Trinajstić information content (AvgIpc) is 2.46. The van der Waals surface area contributed by atoms with Crippen molar-refractivity contribution in [3.05, 3.63) is 25.8 Å². The Labute approximate surface area is 120 Å². The Bertz CT molecular complexity index is 169. The highest BCUT2D eigenvalue weighted by Gasteiger charge is 1.96. The molecule has 0 saturated carbocycles. The Balaban J connectivity index is 0. The lowest BCUT2D eigenvalue weighted by Gasteiger charge is -2.06. The van der Waals surface area contributed by atoms with Crippen LogP contribution in [0.4, 0.5) is 0 Å². The molecule has 1 unspecified atom stereocenters. The molecule has 0 amide bonds. The molecule has 114 valence electrons. The van der Waals surface area contributed by atoms with E-state index in [1.165, 1.54) is 63.9 Å². The first-order chi connectivity index (χ1) is 9.31. The molecule has 0 aliphatic carbocycles. The minimum Gasteiger partial charge on any atom is -0.365 e. The van der Waals surface area contributed by atoms with Gasteiger partial charge in [0.05, 0.1) is 6.61 Å². The van der Waals surface area contributed by atoms with Gasteiger partial charge in [-0.2, -0.15) is 0 Å². The van der Waals surface area contributed by atoms with Crippen LogP contribution in [0.15, 0.2) is 25.8 Å². The van der Waals surface area contributed by atoms with E-state index in [9.17, 15) is 0 Å². The maximum atomic E-state index is 9.06. The van der Waals surface area contributed by atoms with Crippen LogP contribution in [-0.4, -0.2) is 18.0 Å². The van der Waals surface area contributed by atoms with E-state index in [0.29, 0.717) is 6.61 Å². The summed E-state index contributed by atoms with van der Waals surface area (Å²) in [6.07, 6.45) is 13.8. The SMILES string of the molecule is C=C.C=CC(O)OCCCCCCCCCCCC. The highest BCUT2D eigenvalue weighted by molar-refractivity contribution is 4.69. The Kier molecular flexibility index (Phi) is 21.5. The second kappa shape index (κ2) is 19.7. The fourth-order valence-electron chi connectivity index (χ4n) is 1.86. The van der Waals surface area contributed by atoms with Gasteiger partial charge in [-0.1, -0.05) is 71.3 Å². The molecule has 0 bridgehead atoms. The van der Waals surface area contributed by atoms with Crippen LogP contribution in [0.25, 0.3) is 0 Å². The molecule has 0 aromatic carbocycles. The summed E-state index contributed by atoms with van der Waals surface area (Å²) >= 11 is 0. The van der Waals surface area contributed by atoms with Gasteiger partial charge in [-0.3, -0.25) is 0 Å². The first-order valence-electron chi connectivity index (χ1n) is 7.73. The molecule has 19 heavy (non-hydrogen) atoms. The van der Waals surface area contributed by atoms with Crippen molar-refractivity contribution < 1.29 is 9.84 Å². The Morgan fingerprint density at radius 3 is 1.74 bits per heavy atom. The second-order valence-electron chi connectivity index (χ2n) is 4.68. The topological polar surface area (TPSA) is 29.5 Å². The molecule has 0 rings (SSSR count). The molecule has 0 radical (unpaired) electrons. The number of unbranched alkanes of at least 4 members (excludes halogenated alkanes) is 9. The monoisotopic (exact) mass is 270 g/mol. The highest BCUT2D eigenvalue weighted by Crippen LogP contribution is 2.10. The van der Waals surface area contributed by atoms with Crippen LogP contribution in [0, 0.1) is 0 Å². The zero-order chi connectivity index (χ0) is 14.8. The predicted octanol–water partition coefficient (Wildman–Crippen LogP) is 5.23. The number of ether oxygens (including phenoxy) is 1. The van der Waals surface area contributed by atoms with E-state index in [1.807, 2.05) is 0 Å². The van der Waals surface area contributed by atoms with Gasteiger partial charge >= 0.3 is 0 Å². The van der Waals surface area contributed by atoms with Crippen molar-refractivity contribution in [1.82, 2.24) is 0 Å². The third-order valence-corrected chi connectivity index (χ3v) is 2.99. The lowest BCUT2D eigenvalue weighted by molar-refractivity contribution is -0.0648. The number of hydrogen-bond acceptors (Lipinski definition) is 2. The smallest absolute Gasteiger partial charge is 0.173 e. The number of hydrogen-bond donors (Lipinski definition) is 1. The van der Waals surface area contributed by atoms with Gasteiger partial charge in [0.25, 0.3) is 0 Å². The van der Waals surface area contributed by atoms with E-state index in [0.717, 1.165) is 6.42 Å². The summed E-state index contributed by atoms with van der Waals surface area (Å²) in [6.45, 7) is 12.4. The summed E-state index contributed by atoms with van der Waals surface area (Å²) < 4.78 is 5.10. The number of aliphatic hydroxyl groups excluding tert-OH is 1. The first kappa shape index (κ1) is 20.7. The van der Waals surface area contributed by atoms with Crippen LogP contribution in [-0.2, 0) is 4.74 Å². The Hall–Kier alpha value is -0.600. The summed E-state index contributed by atoms with van der Waals surface area (Å²) in [5.41, 5.74) is 0. The van der Waals surface area contributed by atoms with Crippen LogP contribution in [0.5, 0.6) is 0 Å². The van der Waals surface area contributed by atoms with Crippen molar-refractivity contribution in [3.63, 3.8) is 0 Å². The van der Waals surface area contributed by atoms with Crippen molar-refractivity contribution in [2.75, 3.05) is 6.61 Å². The third kappa shape index (κ3) is 19.9. The minimum atomic E-state index is -0.784. The molecule has 2 nitrogen and oxygen atoms in total. The maximum Gasteiger partial charge on any atom is 0.173 e. The maximum absolute atomic E-state index is 9.06. The average molecular weight is 270 g/mol. The van der Waals surface area contributed by atoms with Crippen molar-refractivity contribution in [2.24, 2.45) is 0 Å². The second-order valence-corrected chi connectivity index (χ2v) is 4.68. The number of aliphatic hydroxyl groups is 1. The third-order valence-electron chi connectivity index (χ3n) is 2.99. The van der Waals surface area contributed by atoms with Gasteiger partial charge in [-0.15, -0.1) is 13.2 Å². The summed E-state index contributed by atoms with van der Waals surface area (Å²) in [6, 6.07) is 0. The molecular weight excluding hydrogens is 236 g/mol. The lowest BCUT2D eigenvalue weighted by atomic mass is 10.1. The van der Waals surface area contributed by atoms with Crippen LogP contribution in [0.1, 0.15) is 71.1 Å². The standard InChI is InChI=1S/C15H30O2.C2H4/c1-3-5-6-7-8-9-10-11-12-13-14-17-15(16)4-2;1-2/h4,15-16H,2-3,5-14H2,1H3;1-2H2. The fourth-order valence-corrected chi connectivity index (χ4v) is 1.86. The predicted molar refractivity (Wildman–Crippen MR) is 85.3 cm³/mol. The van der Waals surface area contributed by atoms with E-state index in [1.54, 1.807) is 0 Å². The molecule has 1 N–H and O–H groups in total. The summed E-state index contributed by atoms with van der Waals surface area (Å²) in [5.74, 6) is 0. The Morgan fingerprint density at radius 2 is 1.32 bits per heavy atom. The van der Waals surface area contributed by atoms with Crippen molar-refractivity contribution >= 4 is 0 Å². The van der Waals surface area contributed by atoms with Gasteiger partial charge in [0.15, 0.2) is 6.29 Å². The zero-order valence-electron chi connectivity index (χ0n) is 12.9. The van der Waals surface area contributed by atoms with Crippen molar-refractivity contribution in [2.45, 2.75) is 77.4 Å². The van der Waals surface area contributed by atoms with Gasteiger partial charge in [-0.05, 0) is 12.5 Å². The molecule has 0 aromatic heterocycles. The summed E-state index contributed by atoms with van der Waals surface area (Å²) in [4.78, 5) is 0. The van der Waals surface area contributed by atoms with E-state index >= 15 is 0 Å². The molecule has 2 heteroatoms. The van der Waals surface area contributed by atoms with E-state index < -0.39 is 6.29 Å². The molecule has 0 saturated heterocycles. The molecule has 0 fully saturated rings. The van der Waals surface area contributed by atoms with Crippen LogP contribution in [0.2, 0.25) is 0 Å². The molecule has 0 spiro atoms. The molecule has 0 aliphatic heterocycles. The van der Waals surface area contributed by atoms with Crippen LogP contribution in [0.3, 0.4) is 0 Å². The van der Waals surface area contributed by atoms with Gasteiger partial charge in [0, 0.05) is 0 Å². The van der Waals surface area contributed by atoms with E-state index in [4.69, 9.17) is 9.84 Å². The normalized spacial score (nSPS) is 11.5. The van der Waals surface area contributed by atoms with Gasteiger partial charge in [0.1, 0.15) is 0 Å². The molecular formula is C17H34O2. The minimum absolute atomic E-state index is 0.643. The van der Waals surface area contributed by atoms with Gasteiger partial charge in [0.2, 0.25) is 0 Å². The lowest BCUT2D eigenvalue weighted by Crippen LogP contribution is -2.08. The zero-order valence-corrected chi connectivity index (χ0v) is 12.9. The molecule has 1 atom stereocenters. The largest absolute Gasteiger partial charge is 0.365 e. The highest BCUT2D eigenvalue weighted by atomic mass is 16.6. The van der Waals surface area contributed by atoms with Crippen LogP contribution < -0.4 is 0 Å². The molecule has 0 heterocycles. The molecule has 0 aromatic rings. The van der Waals surface area contributed by atoms with Gasteiger partial charge in [-0.25, -0.2) is 0 Å². The first-order valence-corrected chi connectivity index (χ1v) is 7.73. The van der Waals surface area contributed by atoms with E-state index in [2.05, 4.69) is 26.7 Å². The van der Waals surface area contributed by atoms with Crippen molar-refractivity contribution in [3.8, 4) is 0 Å². The Morgan fingerprint density at radius 1 is 0.895 bits per heavy atom. The van der Waals surface area contributed by atoms with Crippen LogP contribution >= 0.6 is 0 Å². The molecule has 0 aliphatic rings. The summed E-state index contributed by atoms with van der Waals surface area (Å²) in [7, 11) is 0. The quantitative estimate of drug-likeness (QED) is 0.282. The summed E-state index contributed by atoms with van der Waals surface area (Å²) in [5, 5.41) is 9.06. The fraction of sp³-hybridized carbons (Fsp3) is 0.765. The number of rotatable bonds is 13.